The monoisotopic (exact) mass is 1150 g/mol. The van der Waals surface area contributed by atoms with E-state index in [4.69, 9.17) is 28.9 Å². The SMILES string of the molecule is CCCCC(CC)COc1ccc(-c2cc(-c3ccc(OCC(CC)CCCC)cc3)cc(-c3cc4c(-c5cc(-c6ccc(OCC(CC)CCCC)cc6)cc(-c6ccc(OCC(CC)CCCC)cc6)c5)ccnc4c4ncccc34)c2)cc1. The fourth-order valence-electron chi connectivity index (χ4n) is 12.0. The van der Waals surface area contributed by atoms with E-state index >= 15 is 0 Å². The van der Waals surface area contributed by atoms with Gasteiger partial charge in [-0.3, -0.25) is 9.97 Å². The maximum atomic E-state index is 6.44. The van der Waals surface area contributed by atoms with Crippen LogP contribution in [0, 0.1) is 23.7 Å². The highest BCUT2D eigenvalue weighted by molar-refractivity contribution is 6.14. The summed E-state index contributed by atoms with van der Waals surface area (Å²) in [6, 6.07) is 57.6. The van der Waals surface area contributed by atoms with Crippen molar-refractivity contribution >= 4 is 21.8 Å². The molecule has 6 nitrogen and oxygen atoms in total. The highest BCUT2D eigenvalue weighted by atomic mass is 16.5. The Labute approximate surface area is 516 Å². The Morgan fingerprint density at radius 1 is 0.291 bits per heavy atom. The summed E-state index contributed by atoms with van der Waals surface area (Å²) in [6.07, 6.45) is 22.9. The van der Waals surface area contributed by atoms with Crippen molar-refractivity contribution in [3.05, 3.63) is 170 Å². The summed E-state index contributed by atoms with van der Waals surface area (Å²) in [5.41, 5.74) is 15.1. The molecular weight excluding hydrogens is 1050 g/mol. The van der Waals surface area contributed by atoms with E-state index in [1.54, 1.807) is 0 Å². The minimum absolute atomic E-state index is 0.556. The lowest BCUT2D eigenvalue weighted by Gasteiger charge is -2.18. The number of aromatic nitrogens is 2. The summed E-state index contributed by atoms with van der Waals surface area (Å²) in [5, 5.41) is 2.09. The molecule has 0 bridgehead atoms. The molecule has 4 unspecified atom stereocenters. The zero-order valence-corrected chi connectivity index (χ0v) is 53.1. The molecule has 7 aromatic carbocycles. The second kappa shape index (κ2) is 32.3. The average Bonchev–Trinajstić information content (AvgIpc) is 1.18. The van der Waals surface area contributed by atoms with Crippen LogP contribution in [0.25, 0.3) is 88.6 Å². The van der Waals surface area contributed by atoms with Crippen molar-refractivity contribution < 1.29 is 18.9 Å². The first kappa shape index (κ1) is 63.1. The maximum absolute atomic E-state index is 6.44. The Balaban J connectivity index is 1.14. The van der Waals surface area contributed by atoms with E-state index in [1.165, 1.54) is 77.0 Å². The Bertz CT molecular complexity index is 3330. The number of rotatable bonds is 34. The number of nitrogens with zero attached hydrogens (tertiary/aromatic N) is 2. The van der Waals surface area contributed by atoms with Gasteiger partial charge in [-0.05, 0) is 219 Å². The smallest absolute Gasteiger partial charge is 0.119 e. The van der Waals surface area contributed by atoms with E-state index in [9.17, 15) is 0 Å². The Morgan fingerprint density at radius 3 is 0.919 bits per heavy atom. The number of hydrogen-bond donors (Lipinski definition) is 0. The molecule has 0 radical (unpaired) electrons. The summed E-state index contributed by atoms with van der Waals surface area (Å²) >= 11 is 0. The third-order valence-corrected chi connectivity index (χ3v) is 18.0. The van der Waals surface area contributed by atoms with Crippen molar-refractivity contribution in [2.24, 2.45) is 23.7 Å². The van der Waals surface area contributed by atoms with Crippen LogP contribution in [0.2, 0.25) is 0 Å². The van der Waals surface area contributed by atoms with Gasteiger partial charge in [-0.15, -0.1) is 0 Å². The molecule has 86 heavy (non-hydrogen) atoms. The third kappa shape index (κ3) is 16.7. The first-order valence-electron chi connectivity index (χ1n) is 33.1. The molecule has 6 heteroatoms. The van der Waals surface area contributed by atoms with Crippen LogP contribution in [-0.2, 0) is 0 Å². The number of fused-ring (bicyclic) bond motifs is 3. The van der Waals surface area contributed by atoms with E-state index < -0.39 is 0 Å². The molecule has 0 amide bonds. The molecule has 0 aliphatic carbocycles. The normalized spacial score (nSPS) is 12.9. The van der Waals surface area contributed by atoms with Crippen molar-refractivity contribution in [2.75, 3.05) is 26.4 Å². The molecule has 2 heterocycles. The topological polar surface area (TPSA) is 62.7 Å². The largest absolute Gasteiger partial charge is 0.493 e. The first-order chi connectivity index (χ1) is 42.2. The van der Waals surface area contributed by atoms with Gasteiger partial charge >= 0.3 is 0 Å². The molecule has 0 spiro atoms. The van der Waals surface area contributed by atoms with Crippen LogP contribution in [0.1, 0.15) is 158 Å². The fourth-order valence-corrected chi connectivity index (χ4v) is 12.0. The Kier molecular flexibility index (Phi) is 23.7. The van der Waals surface area contributed by atoms with Crippen LogP contribution in [0.3, 0.4) is 0 Å². The molecule has 2 aromatic heterocycles. The highest BCUT2D eigenvalue weighted by Gasteiger charge is 2.19. The van der Waals surface area contributed by atoms with Crippen LogP contribution in [0.4, 0.5) is 0 Å². The summed E-state index contributed by atoms with van der Waals surface area (Å²) in [7, 11) is 0. The molecule has 0 aliphatic rings. The number of pyridine rings is 2. The fraction of sp³-hybridized carbons (Fsp3) is 0.400. The van der Waals surface area contributed by atoms with E-state index in [1.807, 2.05) is 18.5 Å². The number of hydrogen-bond acceptors (Lipinski definition) is 6. The van der Waals surface area contributed by atoms with Gasteiger partial charge in [0.1, 0.15) is 23.0 Å². The minimum atomic E-state index is 0.556. The van der Waals surface area contributed by atoms with E-state index in [-0.39, 0.29) is 0 Å². The molecule has 0 saturated heterocycles. The molecule has 9 rings (SSSR count). The van der Waals surface area contributed by atoms with Gasteiger partial charge in [0.15, 0.2) is 0 Å². The summed E-state index contributed by atoms with van der Waals surface area (Å²) in [6.45, 7) is 21.1. The van der Waals surface area contributed by atoms with Gasteiger partial charge in [-0.1, -0.05) is 187 Å². The molecule has 450 valence electrons. The quantitative estimate of drug-likeness (QED) is 0.0375. The molecule has 0 aliphatic heterocycles. The standard InChI is InChI=1S/C80H96N2O4/c1-9-17-22-57(13-5)53-83-71-35-27-61(28-36-71)65-46-66(62-29-37-72(38-30-62)84-54-58(14-6)23-18-10-2)49-69(48-65)75-43-45-82-80-78(75)52-77(76-26-21-44-81-79(76)80)70-50-67(63-31-39-73(40-32-63)85-55-59(15-7)24-19-11-3)47-68(51-70)64-33-41-74(42-34-64)86-56-60(16-8)25-20-12-4/h21,26-52,57-60H,9-20,22-25,53-56H2,1-8H3. The van der Waals surface area contributed by atoms with Crippen LogP contribution in [0.15, 0.2) is 170 Å². The predicted molar refractivity (Wildman–Crippen MR) is 365 cm³/mol. The zero-order valence-electron chi connectivity index (χ0n) is 53.1. The molecule has 4 atom stereocenters. The number of benzene rings is 7. The first-order valence-corrected chi connectivity index (χ1v) is 33.1. The van der Waals surface area contributed by atoms with E-state index in [0.717, 1.165) is 164 Å². The number of ether oxygens (including phenoxy) is 4. The average molecular weight is 1150 g/mol. The lowest BCUT2D eigenvalue weighted by Crippen LogP contribution is -2.11. The van der Waals surface area contributed by atoms with Crippen molar-refractivity contribution in [2.45, 2.75) is 158 Å². The van der Waals surface area contributed by atoms with Gasteiger partial charge in [-0.25, -0.2) is 0 Å². The molecule has 9 aromatic rings. The van der Waals surface area contributed by atoms with E-state index in [2.05, 4.69) is 207 Å². The van der Waals surface area contributed by atoms with Crippen LogP contribution < -0.4 is 18.9 Å². The maximum Gasteiger partial charge on any atom is 0.119 e. The molecular formula is C80H96N2O4. The van der Waals surface area contributed by atoms with Gasteiger partial charge in [-0.2, -0.15) is 0 Å². The van der Waals surface area contributed by atoms with E-state index in [0.29, 0.717) is 23.7 Å². The Hall–Kier alpha value is -7.44. The highest BCUT2D eigenvalue weighted by Crippen LogP contribution is 2.43. The van der Waals surface area contributed by atoms with Gasteiger partial charge in [0.25, 0.3) is 0 Å². The van der Waals surface area contributed by atoms with Gasteiger partial charge in [0.2, 0.25) is 0 Å². The minimum Gasteiger partial charge on any atom is -0.493 e. The lowest BCUT2D eigenvalue weighted by molar-refractivity contribution is 0.233. The Morgan fingerprint density at radius 2 is 0.593 bits per heavy atom. The van der Waals surface area contributed by atoms with Crippen LogP contribution in [0.5, 0.6) is 23.0 Å². The molecule has 0 fully saturated rings. The lowest BCUT2D eigenvalue weighted by atomic mass is 9.88. The third-order valence-electron chi connectivity index (χ3n) is 18.0. The van der Waals surface area contributed by atoms with Crippen molar-refractivity contribution in [3.63, 3.8) is 0 Å². The summed E-state index contributed by atoms with van der Waals surface area (Å²) < 4.78 is 25.7. The van der Waals surface area contributed by atoms with Crippen molar-refractivity contribution in [1.82, 2.24) is 9.97 Å². The van der Waals surface area contributed by atoms with Gasteiger partial charge in [0, 0.05) is 23.2 Å². The molecule has 0 N–H and O–H groups in total. The zero-order chi connectivity index (χ0) is 60.0. The summed E-state index contributed by atoms with van der Waals surface area (Å²) in [4.78, 5) is 10.3. The van der Waals surface area contributed by atoms with Gasteiger partial charge < -0.3 is 18.9 Å². The van der Waals surface area contributed by atoms with Crippen molar-refractivity contribution in [3.8, 4) is 89.8 Å². The van der Waals surface area contributed by atoms with Crippen molar-refractivity contribution in [1.29, 1.82) is 0 Å². The predicted octanol–water partition coefficient (Wildman–Crippen LogP) is 23.2. The second-order valence-electron chi connectivity index (χ2n) is 24.2. The number of unbranched alkanes of at least 4 members (excludes halogenated alkanes) is 4. The molecule has 0 saturated carbocycles. The summed E-state index contributed by atoms with van der Waals surface area (Å²) in [5.74, 6) is 5.85. The van der Waals surface area contributed by atoms with Crippen LogP contribution in [-0.4, -0.2) is 36.4 Å². The van der Waals surface area contributed by atoms with Gasteiger partial charge in [0.05, 0.1) is 37.5 Å². The van der Waals surface area contributed by atoms with Crippen LogP contribution >= 0.6 is 0 Å². The second-order valence-corrected chi connectivity index (χ2v) is 24.2.